The highest BCUT2D eigenvalue weighted by Crippen LogP contribution is 2.29. The first-order valence-corrected chi connectivity index (χ1v) is 6.98. The topological polar surface area (TPSA) is 105 Å². The summed E-state index contributed by atoms with van der Waals surface area (Å²) in [6.45, 7) is 3.16. The van der Waals surface area contributed by atoms with E-state index in [1.165, 1.54) is 4.90 Å². The van der Waals surface area contributed by atoms with E-state index >= 15 is 0 Å². The lowest BCUT2D eigenvalue weighted by atomic mass is 9.97. The van der Waals surface area contributed by atoms with E-state index in [1.807, 2.05) is 13.8 Å². The van der Waals surface area contributed by atoms with E-state index in [-0.39, 0.29) is 5.11 Å². The Labute approximate surface area is 127 Å². The molecule has 0 radical (unpaired) electrons. The van der Waals surface area contributed by atoms with Crippen molar-refractivity contribution in [2.75, 3.05) is 6.61 Å². The maximum absolute atomic E-state index is 10.1. The molecule has 5 N–H and O–H groups in total. The fourth-order valence-electron chi connectivity index (χ4n) is 2.30. The first kappa shape index (κ1) is 16.0. The number of ether oxygens (including phenoxy) is 1. The van der Waals surface area contributed by atoms with Gasteiger partial charge in [-0.05, 0) is 26.1 Å². The lowest BCUT2D eigenvalue weighted by Crippen LogP contribution is -2.64. The van der Waals surface area contributed by atoms with Gasteiger partial charge in [0.15, 0.2) is 11.3 Å². The Bertz CT molecular complexity index is 431. The SMILES string of the molecule is CC1(C)NC(=S)N([C@@H]2O[C@H](CO)[C@@H](O)[C@H](O)[C@H]2O)C1=S. The third kappa shape index (κ3) is 2.43. The number of aliphatic hydroxyl groups is 4. The minimum atomic E-state index is -1.46. The molecule has 0 aromatic carbocycles. The van der Waals surface area contributed by atoms with Crippen LogP contribution in [0.5, 0.6) is 0 Å². The molecule has 2 rings (SSSR count). The second-order valence-electron chi connectivity index (χ2n) is 5.45. The first-order valence-electron chi connectivity index (χ1n) is 6.17. The maximum atomic E-state index is 10.1. The van der Waals surface area contributed by atoms with E-state index in [2.05, 4.69) is 5.32 Å². The molecule has 0 aromatic rings. The van der Waals surface area contributed by atoms with Crippen molar-refractivity contribution in [3.63, 3.8) is 0 Å². The summed E-state index contributed by atoms with van der Waals surface area (Å²) in [4.78, 5) is 1.81. The van der Waals surface area contributed by atoms with Gasteiger partial charge in [-0.3, -0.25) is 4.90 Å². The van der Waals surface area contributed by atoms with Gasteiger partial charge in [0, 0.05) is 0 Å². The Morgan fingerprint density at radius 3 is 2.25 bits per heavy atom. The van der Waals surface area contributed by atoms with Gasteiger partial charge >= 0.3 is 0 Å². The second-order valence-corrected chi connectivity index (χ2v) is 6.22. The third-order valence-electron chi connectivity index (χ3n) is 3.51. The summed E-state index contributed by atoms with van der Waals surface area (Å²) in [5, 5.41) is 42.1. The molecule has 0 unspecified atom stereocenters. The van der Waals surface area contributed by atoms with E-state index in [0.29, 0.717) is 4.99 Å². The van der Waals surface area contributed by atoms with Crippen LogP contribution in [0.1, 0.15) is 13.8 Å². The second kappa shape index (κ2) is 5.41. The molecule has 0 saturated carbocycles. The number of rotatable bonds is 2. The summed E-state index contributed by atoms with van der Waals surface area (Å²) >= 11 is 10.5. The van der Waals surface area contributed by atoms with E-state index < -0.39 is 42.8 Å². The van der Waals surface area contributed by atoms with Crippen LogP contribution in [0.4, 0.5) is 0 Å². The lowest BCUT2D eigenvalue weighted by molar-refractivity contribution is -0.247. The average molecular weight is 322 g/mol. The third-order valence-corrected chi connectivity index (χ3v) is 4.52. The van der Waals surface area contributed by atoms with Crippen molar-refractivity contribution in [1.29, 1.82) is 0 Å². The molecule has 2 aliphatic rings. The molecule has 0 aromatic heterocycles. The van der Waals surface area contributed by atoms with Crippen molar-refractivity contribution >= 4 is 34.5 Å². The van der Waals surface area contributed by atoms with Crippen molar-refractivity contribution in [3.05, 3.63) is 0 Å². The zero-order chi connectivity index (χ0) is 15.2. The fourth-order valence-corrected chi connectivity index (χ4v) is 3.06. The summed E-state index contributed by atoms with van der Waals surface area (Å²) in [6, 6.07) is 0. The lowest BCUT2D eigenvalue weighted by Gasteiger charge is -2.43. The van der Waals surface area contributed by atoms with E-state index in [1.54, 1.807) is 0 Å². The van der Waals surface area contributed by atoms with Crippen LogP contribution in [0, 0.1) is 0 Å². The van der Waals surface area contributed by atoms with Crippen LogP contribution < -0.4 is 5.32 Å². The highest BCUT2D eigenvalue weighted by atomic mass is 32.1. The highest BCUT2D eigenvalue weighted by molar-refractivity contribution is 7.82. The van der Waals surface area contributed by atoms with E-state index in [9.17, 15) is 20.4 Å². The van der Waals surface area contributed by atoms with Gasteiger partial charge in [0.1, 0.15) is 29.4 Å². The molecular formula is C11H18N2O5S2. The number of hydrogen-bond acceptors (Lipinski definition) is 7. The standard InChI is InChI=1S/C11H18N2O5S2/c1-11(2)9(19)13(10(20)12-11)8-7(17)6(16)5(15)4(3-14)18-8/h4-8,14-17H,3H2,1-2H3,(H,12,20)/t4-,5-,6+,7-,8-/m1/s1. The smallest absolute Gasteiger partial charge is 0.176 e. The molecule has 0 bridgehead atoms. The first-order chi connectivity index (χ1) is 9.20. The Morgan fingerprint density at radius 1 is 1.20 bits per heavy atom. The van der Waals surface area contributed by atoms with Gasteiger partial charge in [0.05, 0.1) is 12.1 Å². The molecule has 2 fully saturated rings. The van der Waals surface area contributed by atoms with Gasteiger partial charge in [-0.2, -0.15) is 0 Å². The molecule has 7 nitrogen and oxygen atoms in total. The molecule has 20 heavy (non-hydrogen) atoms. The van der Waals surface area contributed by atoms with Crippen molar-refractivity contribution in [3.8, 4) is 0 Å². The fraction of sp³-hybridized carbons (Fsp3) is 0.818. The van der Waals surface area contributed by atoms with Gasteiger partial charge in [-0.15, -0.1) is 0 Å². The normalized spacial score (nSPS) is 40.9. The van der Waals surface area contributed by atoms with Gasteiger partial charge < -0.3 is 30.5 Å². The van der Waals surface area contributed by atoms with Crippen LogP contribution in [-0.2, 0) is 4.74 Å². The van der Waals surface area contributed by atoms with Crippen LogP contribution in [0.15, 0.2) is 0 Å². The number of hydrogen-bond donors (Lipinski definition) is 5. The molecule has 2 aliphatic heterocycles. The predicted octanol–water partition coefficient (Wildman–Crippen LogP) is -1.92. The summed E-state index contributed by atoms with van der Waals surface area (Å²) in [5.74, 6) is 0. The molecule has 0 aliphatic carbocycles. The van der Waals surface area contributed by atoms with Gasteiger partial charge in [0.25, 0.3) is 0 Å². The Balaban J connectivity index is 2.28. The zero-order valence-corrected chi connectivity index (χ0v) is 12.7. The number of aliphatic hydroxyl groups excluding tert-OH is 4. The Hall–Kier alpha value is -0.420. The average Bonchev–Trinajstić information content (AvgIpc) is 2.57. The predicted molar refractivity (Wildman–Crippen MR) is 78.0 cm³/mol. The van der Waals surface area contributed by atoms with Gasteiger partial charge in [0.2, 0.25) is 0 Å². The Morgan fingerprint density at radius 2 is 1.80 bits per heavy atom. The molecule has 5 atom stereocenters. The van der Waals surface area contributed by atoms with Crippen LogP contribution in [0.2, 0.25) is 0 Å². The van der Waals surface area contributed by atoms with Crippen molar-refractivity contribution in [1.82, 2.24) is 10.2 Å². The summed E-state index contributed by atoms with van der Waals surface area (Å²) < 4.78 is 5.45. The molecule has 114 valence electrons. The molecule has 9 heteroatoms. The molecule has 0 amide bonds. The van der Waals surface area contributed by atoms with Crippen molar-refractivity contribution in [2.24, 2.45) is 0 Å². The van der Waals surface area contributed by atoms with Crippen LogP contribution >= 0.6 is 24.4 Å². The van der Waals surface area contributed by atoms with Crippen LogP contribution in [-0.4, -0.2) is 78.2 Å². The zero-order valence-electron chi connectivity index (χ0n) is 11.1. The number of nitrogens with one attached hydrogen (secondary N) is 1. The molecular weight excluding hydrogens is 304 g/mol. The highest BCUT2D eigenvalue weighted by Gasteiger charge is 2.51. The quantitative estimate of drug-likeness (QED) is 0.372. The van der Waals surface area contributed by atoms with E-state index in [4.69, 9.17) is 29.2 Å². The van der Waals surface area contributed by atoms with Crippen LogP contribution in [0.3, 0.4) is 0 Å². The van der Waals surface area contributed by atoms with Crippen LogP contribution in [0.25, 0.3) is 0 Å². The molecule has 0 spiro atoms. The van der Waals surface area contributed by atoms with Gasteiger partial charge in [-0.1, -0.05) is 12.2 Å². The van der Waals surface area contributed by atoms with E-state index in [0.717, 1.165) is 0 Å². The summed E-state index contributed by atoms with van der Waals surface area (Å²) in [6.07, 6.45) is -6.32. The van der Waals surface area contributed by atoms with Gasteiger partial charge in [-0.25, -0.2) is 0 Å². The molecule has 2 heterocycles. The number of nitrogens with zero attached hydrogens (tertiary/aromatic N) is 1. The van der Waals surface area contributed by atoms with Crippen molar-refractivity contribution in [2.45, 2.75) is 50.0 Å². The summed E-state index contributed by atoms with van der Waals surface area (Å²) in [5.41, 5.74) is -0.578. The minimum Gasteiger partial charge on any atom is -0.394 e. The summed E-state index contributed by atoms with van der Waals surface area (Å²) in [7, 11) is 0. The number of thiocarbonyl (C=S) groups is 2. The monoisotopic (exact) mass is 322 g/mol. The maximum Gasteiger partial charge on any atom is 0.176 e. The Kier molecular flexibility index (Phi) is 4.32. The van der Waals surface area contributed by atoms with Crippen molar-refractivity contribution < 1.29 is 25.2 Å². The largest absolute Gasteiger partial charge is 0.394 e. The minimum absolute atomic E-state index is 0.268. The molecule has 2 saturated heterocycles.